The number of fused-ring (bicyclic) bond motifs is 2. The number of para-hydroxylation sites is 1. The van der Waals surface area contributed by atoms with Crippen molar-refractivity contribution >= 4 is 28.5 Å². The molecule has 1 aliphatic rings. The molecular weight excluding hydrogens is 346 g/mol. The van der Waals surface area contributed by atoms with E-state index in [9.17, 15) is 4.79 Å². The van der Waals surface area contributed by atoms with Crippen LogP contribution < -0.4 is 0 Å². The van der Waals surface area contributed by atoms with Gasteiger partial charge in [-0.3, -0.25) is 4.98 Å². The molecule has 1 aromatic heterocycles. The Kier molecular flexibility index (Phi) is 4.64. The maximum atomic E-state index is 13.0. The molecule has 4 rings (SSSR count). The zero-order chi connectivity index (χ0) is 18.1. The molecule has 0 saturated heterocycles. The van der Waals surface area contributed by atoms with E-state index < -0.39 is 0 Å². The number of halogens is 1. The first-order chi connectivity index (χ1) is 12.6. The van der Waals surface area contributed by atoms with Gasteiger partial charge in [-0.1, -0.05) is 48.9 Å². The van der Waals surface area contributed by atoms with E-state index in [1.165, 1.54) is 0 Å². The highest BCUT2D eigenvalue weighted by Gasteiger charge is 2.26. The van der Waals surface area contributed by atoms with E-state index in [1.54, 1.807) is 12.1 Å². The topological polar surface area (TPSA) is 39.2 Å². The van der Waals surface area contributed by atoms with Crippen molar-refractivity contribution in [1.82, 2.24) is 4.98 Å². The Hall–Kier alpha value is -2.39. The van der Waals surface area contributed by atoms with Gasteiger partial charge in [0.15, 0.2) is 0 Å². The smallest absolute Gasteiger partial charge is 0.339 e. The summed E-state index contributed by atoms with van der Waals surface area (Å²) in [6, 6.07) is 15.2. The SMILES string of the molecule is CC1CCc2nc3ccccc3c(C(=O)OCc3ccc(Cl)cc3)c2C1. The van der Waals surface area contributed by atoms with Gasteiger partial charge in [0.2, 0.25) is 0 Å². The number of carbonyl (C=O) groups excluding carboxylic acids is 1. The number of aryl methyl sites for hydroxylation is 1. The fraction of sp³-hybridized carbons (Fsp3) is 0.273. The Balaban J connectivity index is 1.70. The standard InChI is InChI=1S/C22H20ClNO2/c1-14-6-11-20-18(12-14)21(17-4-2-3-5-19(17)24-20)22(25)26-13-15-7-9-16(23)10-8-15/h2-5,7-10,14H,6,11-13H2,1H3. The number of benzene rings is 2. The highest BCUT2D eigenvalue weighted by atomic mass is 35.5. The normalized spacial score (nSPS) is 16.3. The molecule has 0 amide bonds. The number of rotatable bonds is 3. The van der Waals surface area contributed by atoms with Crippen LogP contribution in [0.1, 0.15) is 40.5 Å². The van der Waals surface area contributed by atoms with Gasteiger partial charge in [0.05, 0.1) is 11.1 Å². The van der Waals surface area contributed by atoms with Gasteiger partial charge in [-0.05, 0) is 54.5 Å². The lowest BCUT2D eigenvalue weighted by Gasteiger charge is -2.24. The van der Waals surface area contributed by atoms with Crippen molar-refractivity contribution in [1.29, 1.82) is 0 Å². The number of hydrogen-bond acceptors (Lipinski definition) is 3. The van der Waals surface area contributed by atoms with E-state index in [2.05, 4.69) is 6.92 Å². The van der Waals surface area contributed by atoms with Gasteiger partial charge in [-0.25, -0.2) is 4.79 Å². The lowest BCUT2D eigenvalue weighted by molar-refractivity contribution is 0.0473. The number of esters is 1. The first kappa shape index (κ1) is 17.0. The van der Waals surface area contributed by atoms with Crippen LogP contribution in [-0.4, -0.2) is 11.0 Å². The Bertz CT molecular complexity index is 966. The summed E-state index contributed by atoms with van der Waals surface area (Å²) >= 11 is 5.91. The van der Waals surface area contributed by atoms with Crippen LogP contribution in [0.3, 0.4) is 0 Å². The maximum Gasteiger partial charge on any atom is 0.339 e. The summed E-state index contributed by atoms with van der Waals surface area (Å²) in [7, 11) is 0. The van der Waals surface area contributed by atoms with Crippen molar-refractivity contribution in [3.8, 4) is 0 Å². The number of ether oxygens (including phenoxy) is 1. The van der Waals surface area contributed by atoms with E-state index in [0.29, 0.717) is 16.5 Å². The van der Waals surface area contributed by atoms with Crippen molar-refractivity contribution in [3.05, 3.63) is 75.9 Å². The summed E-state index contributed by atoms with van der Waals surface area (Å²) in [6.45, 7) is 2.46. The maximum absolute atomic E-state index is 13.0. The third-order valence-electron chi connectivity index (χ3n) is 4.99. The monoisotopic (exact) mass is 365 g/mol. The Morgan fingerprint density at radius 3 is 2.77 bits per heavy atom. The molecule has 1 aliphatic carbocycles. The molecule has 1 heterocycles. The molecular formula is C22H20ClNO2. The molecule has 0 spiro atoms. The Labute approximate surface area is 158 Å². The van der Waals surface area contributed by atoms with Crippen LogP contribution in [0.2, 0.25) is 5.02 Å². The van der Waals surface area contributed by atoms with Gasteiger partial charge in [0, 0.05) is 16.1 Å². The van der Waals surface area contributed by atoms with E-state index in [0.717, 1.165) is 47.0 Å². The van der Waals surface area contributed by atoms with E-state index in [4.69, 9.17) is 21.3 Å². The van der Waals surface area contributed by atoms with Gasteiger partial charge in [0.25, 0.3) is 0 Å². The molecule has 0 N–H and O–H groups in total. The minimum Gasteiger partial charge on any atom is -0.457 e. The Morgan fingerprint density at radius 1 is 1.19 bits per heavy atom. The molecule has 132 valence electrons. The predicted molar refractivity (Wildman–Crippen MR) is 104 cm³/mol. The lowest BCUT2D eigenvalue weighted by atomic mass is 9.84. The third-order valence-corrected chi connectivity index (χ3v) is 5.24. The van der Waals surface area contributed by atoms with Crippen molar-refractivity contribution in [3.63, 3.8) is 0 Å². The zero-order valence-corrected chi connectivity index (χ0v) is 15.4. The molecule has 4 heteroatoms. The van der Waals surface area contributed by atoms with Crippen molar-refractivity contribution in [2.24, 2.45) is 5.92 Å². The first-order valence-electron chi connectivity index (χ1n) is 8.94. The zero-order valence-electron chi connectivity index (χ0n) is 14.7. The van der Waals surface area contributed by atoms with Crippen LogP contribution in [0.5, 0.6) is 0 Å². The molecule has 3 nitrogen and oxygen atoms in total. The van der Waals surface area contributed by atoms with Gasteiger partial charge in [-0.15, -0.1) is 0 Å². The van der Waals surface area contributed by atoms with Crippen LogP contribution >= 0.6 is 11.6 Å². The van der Waals surface area contributed by atoms with Crippen LogP contribution in [0, 0.1) is 5.92 Å². The molecule has 0 saturated carbocycles. The molecule has 1 atom stereocenters. The second kappa shape index (κ2) is 7.08. The van der Waals surface area contributed by atoms with E-state index in [-0.39, 0.29) is 12.6 Å². The summed E-state index contributed by atoms with van der Waals surface area (Å²) in [5.74, 6) is 0.275. The van der Waals surface area contributed by atoms with Gasteiger partial charge >= 0.3 is 5.97 Å². The molecule has 26 heavy (non-hydrogen) atoms. The fourth-order valence-electron chi connectivity index (χ4n) is 3.60. The number of aromatic nitrogens is 1. The molecule has 0 radical (unpaired) electrons. The second-order valence-corrected chi connectivity index (χ2v) is 7.42. The molecule has 0 fully saturated rings. The quantitative estimate of drug-likeness (QED) is 0.586. The first-order valence-corrected chi connectivity index (χ1v) is 9.31. The lowest BCUT2D eigenvalue weighted by Crippen LogP contribution is -2.19. The highest BCUT2D eigenvalue weighted by molar-refractivity contribution is 6.30. The average Bonchev–Trinajstić information content (AvgIpc) is 2.65. The fourth-order valence-corrected chi connectivity index (χ4v) is 3.72. The van der Waals surface area contributed by atoms with E-state index >= 15 is 0 Å². The van der Waals surface area contributed by atoms with Crippen molar-refractivity contribution in [2.45, 2.75) is 32.8 Å². The molecule has 1 unspecified atom stereocenters. The summed E-state index contributed by atoms with van der Waals surface area (Å²) in [5, 5.41) is 1.55. The van der Waals surface area contributed by atoms with Crippen molar-refractivity contribution in [2.75, 3.05) is 0 Å². The van der Waals surface area contributed by atoms with E-state index in [1.807, 2.05) is 36.4 Å². The van der Waals surface area contributed by atoms with Gasteiger partial charge < -0.3 is 4.74 Å². The van der Waals surface area contributed by atoms with Gasteiger partial charge in [0.1, 0.15) is 6.61 Å². The van der Waals surface area contributed by atoms with Crippen molar-refractivity contribution < 1.29 is 9.53 Å². The average molecular weight is 366 g/mol. The third kappa shape index (κ3) is 3.32. The minimum absolute atomic E-state index is 0.233. The second-order valence-electron chi connectivity index (χ2n) is 6.98. The largest absolute Gasteiger partial charge is 0.457 e. The summed E-state index contributed by atoms with van der Waals surface area (Å²) in [5.41, 5.74) is 4.57. The Morgan fingerprint density at radius 2 is 1.96 bits per heavy atom. The number of nitrogens with zero attached hydrogens (tertiary/aromatic N) is 1. The molecule has 3 aromatic rings. The minimum atomic E-state index is -0.274. The number of hydrogen-bond donors (Lipinski definition) is 0. The number of pyridine rings is 1. The van der Waals surface area contributed by atoms with Crippen LogP contribution in [-0.2, 0) is 24.2 Å². The predicted octanol–water partition coefficient (Wildman–Crippen LogP) is 5.37. The molecule has 0 aliphatic heterocycles. The highest BCUT2D eigenvalue weighted by Crippen LogP contribution is 2.32. The number of carbonyl (C=O) groups is 1. The summed E-state index contributed by atoms with van der Waals surface area (Å²) in [6.07, 6.45) is 2.90. The van der Waals surface area contributed by atoms with Gasteiger partial charge in [-0.2, -0.15) is 0 Å². The van der Waals surface area contributed by atoms with Crippen LogP contribution in [0.4, 0.5) is 0 Å². The van der Waals surface area contributed by atoms with Crippen LogP contribution in [0.25, 0.3) is 10.9 Å². The molecule has 0 bridgehead atoms. The summed E-state index contributed by atoms with van der Waals surface area (Å²) < 4.78 is 5.65. The summed E-state index contributed by atoms with van der Waals surface area (Å²) in [4.78, 5) is 17.8. The van der Waals surface area contributed by atoms with Crippen LogP contribution in [0.15, 0.2) is 48.5 Å². The molecule has 2 aromatic carbocycles.